The van der Waals surface area contributed by atoms with Crippen molar-refractivity contribution in [2.75, 3.05) is 31.1 Å². The molecule has 3 rings (SSSR count). The van der Waals surface area contributed by atoms with E-state index < -0.39 is 11.6 Å². The molecule has 2 amide bonds. The van der Waals surface area contributed by atoms with Gasteiger partial charge >= 0.3 is 0 Å². The van der Waals surface area contributed by atoms with Crippen molar-refractivity contribution in [3.05, 3.63) is 29.8 Å². The Labute approximate surface area is 139 Å². The third-order valence-corrected chi connectivity index (χ3v) is 4.75. The summed E-state index contributed by atoms with van der Waals surface area (Å²) in [6.45, 7) is 4.04. The van der Waals surface area contributed by atoms with Gasteiger partial charge in [0.2, 0.25) is 11.8 Å². The second-order valence-corrected chi connectivity index (χ2v) is 6.37. The lowest BCUT2D eigenvalue weighted by molar-refractivity contribution is -0.129. The van der Waals surface area contributed by atoms with Crippen molar-refractivity contribution >= 4 is 17.5 Å². The first-order valence-electron chi connectivity index (χ1n) is 8.26. The normalized spacial score (nSPS) is 23.9. The number of amides is 2. The van der Waals surface area contributed by atoms with Crippen LogP contribution >= 0.6 is 0 Å². The minimum Gasteiger partial charge on any atom is -0.367 e. The molecule has 2 atom stereocenters. The molecule has 0 radical (unpaired) electrons. The number of rotatable bonds is 4. The summed E-state index contributed by atoms with van der Waals surface area (Å²) in [6.07, 6.45) is 0.948. The first-order valence-corrected chi connectivity index (χ1v) is 8.26. The Bertz CT molecular complexity index is 653. The van der Waals surface area contributed by atoms with E-state index in [0.717, 1.165) is 6.07 Å². The van der Waals surface area contributed by atoms with Gasteiger partial charge in [0.05, 0.1) is 11.6 Å². The Morgan fingerprint density at radius 1 is 1.33 bits per heavy atom. The molecular formula is C17H21F2N3O2. The third kappa shape index (κ3) is 3.34. The second kappa shape index (κ2) is 6.75. The van der Waals surface area contributed by atoms with Crippen LogP contribution in [0, 0.1) is 17.6 Å². The van der Waals surface area contributed by atoms with Crippen LogP contribution in [0.2, 0.25) is 0 Å². The van der Waals surface area contributed by atoms with Crippen LogP contribution in [-0.2, 0) is 9.59 Å². The van der Waals surface area contributed by atoms with Crippen molar-refractivity contribution in [2.45, 2.75) is 25.8 Å². The fourth-order valence-corrected chi connectivity index (χ4v) is 3.41. The van der Waals surface area contributed by atoms with Crippen LogP contribution in [-0.4, -0.2) is 48.9 Å². The fraction of sp³-hybridized carbons (Fsp3) is 0.529. The molecule has 2 unspecified atom stereocenters. The van der Waals surface area contributed by atoms with Crippen molar-refractivity contribution < 1.29 is 18.4 Å². The molecule has 5 nitrogen and oxygen atoms in total. The van der Waals surface area contributed by atoms with Crippen molar-refractivity contribution in [1.82, 2.24) is 10.2 Å². The maximum Gasteiger partial charge on any atom is 0.225 e. The Kier molecular flexibility index (Phi) is 4.69. The predicted molar refractivity (Wildman–Crippen MR) is 85.5 cm³/mol. The number of hydrogen-bond donors (Lipinski definition) is 1. The third-order valence-electron chi connectivity index (χ3n) is 4.75. The van der Waals surface area contributed by atoms with E-state index in [1.165, 1.54) is 12.1 Å². The van der Waals surface area contributed by atoms with E-state index in [2.05, 4.69) is 5.32 Å². The van der Waals surface area contributed by atoms with Gasteiger partial charge in [-0.05, 0) is 25.5 Å². The molecule has 2 aliphatic heterocycles. The molecule has 0 bridgehead atoms. The standard InChI is InChI=1S/C17H21F2N3O2/c1-2-21-9-11(7-16(21)23)17(24)20-13-5-6-22(10-13)15-4-3-12(18)8-14(15)19/h3-4,8,11,13H,2,5-7,9-10H2,1H3,(H,20,24). The highest BCUT2D eigenvalue weighted by molar-refractivity contribution is 5.89. The zero-order valence-corrected chi connectivity index (χ0v) is 13.6. The molecule has 0 saturated carbocycles. The summed E-state index contributed by atoms with van der Waals surface area (Å²) >= 11 is 0. The molecule has 0 spiro atoms. The predicted octanol–water partition coefficient (Wildman–Crippen LogP) is 1.53. The summed E-state index contributed by atoms with van der Waals surface area (Å²) in [5.74, 6) is -1.62. The van der Waals surface area contributed by atoms with Crippen LogP contribution in [0.1, 0.15) is 19.8 Å². The molecule has 2 aliphatic rings. The zero-order chi connectivity index (χ0) is 17.3. The van der Waals surface area contributed by atoms with Crippen LogP contribution in [0.3, 0.4) is 0 Å². The molecule has 1 aromatic carbocycles. The Morgan fingerprint density at radius 3 is 2.79 bits per heavy atom. The molecule has 2 fully saturated rings. The summed E-state index contributed by atoms with van der Waals surface area (Å²) < 4.78 is 26.9. The highest BCUT2D eigenvalue weighted by Crippen LogP contribution is 2.25. The van der Waals surface area contributed by atoms with E-state index in [1.807, 2.05) is 6.92 Å². The van der Waals surface area contributed by atoms with Gasteiger partial charge in [0, 0.05) is 44.7 Å². The molecule has 130 valence electrons. The van der Waals surface area contributed by atoms with Crippen LogP contribution in [0.4, 0.5) is 14.5 Å². The van der Waals surface area contributed by atoms with Gasteiger partial charge in [-0.25, -0.2) is 8.78 Å². The van der Waals surface area contributed by atoms with Gasteiger partial charge in [-0.15, -0.1) is 0 Å². The maximum atomic E-state index is 13.9. The van der Waals surface area contributed by atoms with Crippen molar-refractivity contribution in [3.8, 4) is 0 Å². The van der Waals surface area contributed by atoms with Crippen molar-refractivity contribution in [2.24, 2.45) is 5.92 Å². The number of nitrogens with zero attached hydrogens (tertiary/aromatic N) is 2. The number of halogens is 2. The van der Waals surface area contributed by atoms with E-state index in [9.17, 15) is 18.4 Å². The quantitative estimate of drug-likeness (QED) is 0.907. The molecular weight excluding hydrogens is 316 g/mol. The van der Waals surface area contributed by atoms with Gasteiger partial charge in [0.1, 0.15) is 11.6 Å². The number of likely N-dealkylation sites (tertiary alicyclic amines) is 1. The van der Waals surface area contributed by atoms with Crippen LogP contribution in [0.25, 0.3) is 0 Å². The van der Waals surface area contributed by atoms with Crippen molar-refractivity contribution in [3.63, 3.8) is 0 Å². The van der Waals surface area contributed by atoms with E-state index >= 15 is 0 Å². The topological polar surface area (TPSA) is 52.7 Å². The average molecular weight is 337 g/mol. The minimum absolute atomic E-state index is 0.0130. The SMILES string of the molecule is CCN1CC(C(=O)NC2CCN(c3ccc(F)cc3F)C2)CC1=O. The number of hydrogen-bond acceptors (Lipinski definition) is 3. The van der Waals surface area contributed by atoms with E-state index in [1.54, 1.807) is 9.80 Å². The lowest BCUT2D eigenvalue weighted by atomic mass is 10.1. The highest BCUT2D eigenvalue weighted by atomic mass is 19.1. The summed E-state index contributed by atoms with van der Waals surface area (Å²) in [5.41, 5.74) is 0.348. The number of carbonyl (C=O) groups excluding carboxylic acids is 2. The second-order valence-electron chi connectivity index (χ2n) is 6.37. The van der Waals surface area contributed by atoms with Crippen LogP contribution in [0.5, 0.6) is 0 Å². The van der Waals surface area contributed by atoms with Gasteiger partial charge in [-0.2, -0.15) is 0 Å². The number of nitrogens with one attached hydrogen (secondary N) is 1. The minimum atomic E-state index is -0.605. The van der Waals surface area contributed by atoms with E-state index in [4.69, 9.17) is 0 Å². The van der Waals surface area contributed by atoms with Crippen molar-refractivity contribution in [1.29, 1.82) is 0 Å². The van der Waals surface area contributed by atoms with Crippen LogP contribution < -0.4 is 10.2 Å². The lowest BCUT2D eigenvalue weighted by Crippen LogP contribution is -2.41. The summed E-state index contributed by atoms with van der Waals surface area (Å²) in [6, 6.07) is 3.43. The average Bonchev–Trinajstić information content (AvgIpc) is 3.14. The molecule has 2 heterocycles. The van der Waals surface area contributed by atoms with E-state index in [0.29, 0.717) is 38.3 Å². The van der Waals surface area contributed by atoms with Gasteiger partial charge in [0.25, 0.3) is 0 Å². The molecule has 24 heavy (non-hydrogen) atoms. The van der Waals surface area contributed by atoms with Gasteiger partial charge in [-0.3, -0.25) is 9.59 Å². The molecule has 2 saturated heterocycles. The molecule has 1 N–H and O–H groups in total. The fourth-order valence-electron chi connectivity index (χ4n) is 3.41. The van der Waals surface area contributed by atoms with Gasteiger partial charge in [-0.1, -0.05) is 0 Å². The van der Waals surface area contributed by atoms with E-state index in [-0.39, 0.29) is 30.2 Å². The van der Waals surface area contributed by atoms with Gasteiger partial charge in [0.15, 0.2) is 0 Å². The Balaban J connectivity index is 1.56. The maximum absolute atomic E-state index is 13.9. The number of carbonyl (C=O) groups is 2. The number of anilines is 1. The summed E-state index contributed by atoms with van der Waals surface area (Å²) in [4.78, 5) is 27.5. The molecule has 0 aromatic heterocycles. The lowest BCUT2D eigenvalue weighted by Gasteiger charge is -2.20. The molecule has 7 heteroatoms. The van der Waals surface area contributed by atoms with Gasteiger partial charge < -0.3 is 15.1 Å². The molecule has 1 aromatic rings. The zero-order valence-electron chi connectivity index (χ0n) is 13.6. The first kappa shape index (κ1) is 16.7. The van der Waals surface area contributed by atoms with Crippen LogP contribution in [0.15, 0.2) is 18.2 Å². The summed E-state index contributed by atoms with van der Waals surface area (Å²) in [7, 11) is 0. The smallest absolute Gasteiger partial charge is 0.225 e. The summed E-state index contributed by atoms with van der Waals surface area (Å²) in [5, 5.41) is 2.96. The highest BCUT2D eigenvalue weighted by Gasteiger charge is 2.35. The first-order chi connectivity index (χ1) is 11.5. The number of benzene rings is 1. The largest absolute Gasteiger partial charge is 0.367 e. The Hall–Kier alpha value is -2.18. The molecule has 0 aliphatic carbocycles. The monoisotopic (exact) mass is 337 g/mol. The Morgan fingerprint density at radius 2 is 2.12 bits per heavy atom.